The van der Waals surface area contributed by atoms with Crippen molar-refractivity contribution in [2.45, 2.75) is 19.8 Å². The van der Waals surface area contributed by atoms with Crippen LogP contribution in [0.1, 0.15) is 25.3 Å². The summed E-state index contributed by atoms with van der Waals surface area (Å²) in [6, 6.07) is 9.19. The van der Waals surface area contributed by atoms with Crippen molar-refractivity contribution in [2.24, 2.45) is 0 Å². The lowest BCUT2D eigenvalue weighted by Crippen LogP contribution is -1.89. The summed E-state index contributed by atoms with van der Waals surface area (Å²) < 4.78 is 1.34. The second kappa shape index (κ2) is 3.37. The van der Waals surface area contributed by atoms with Gasteiger partial charge in [-0.2, -0.15) is 0 Å². The molecule has 0 fully saturated rings. The second-order valence-corrected chi connectivity index (χ2v) is 3.76. The minimum atomic E-state index is 0.615. The summed E-state index contributed by atoms with van der Waals surface area (Å²) in [5.41, 5.74) is 1.39. The fraction of sp³-hybridized carbons (Fsp3) is 0.333. The van der Waals surface area contributed by atoms with Crippen molar-refractivity contribution >= 4 is 22.6 Å². The molecule has 1 radical (unpaired) electrons. The summed E-state index contributed by atoms with van der Waals surface area (Å²) in [4.78, 5) is 0. The molecule has 1 heteroatoms. The van der Waals surface area contributed by atoms with Crippen LogP contribution in [0.3, 0.4) is 0 Å². The number of benzene rings is 1. The Labute approximate surface area is 75.8 Å². The predicted octanol–water partition coefficient (Wildman–Crippen LogP) is 3.21. The molecular weight excluding hydrogens is 235 g/mol. The lowest BCUT2D eigenvalue weighted by Gasteiger charge is -2.05. The highest BCUT2D eigenvalue weighted by molar-refractivity contribution is 14.1. The smallest absolute Gasteiger partial charge is 0.0165 e. The van der Waals surface area contributed by atoms with Gasteiger partial charge in [-0.05, 0) is 52.3 Å². The van der Waals surface area contributed by atoms with Crippen LogP contribution in [0, 0.1) is 9.64 Å². The molecule has 1 rings (SSSR count). The highest BCUT2D eigenvalue weighted by Gasteiger charge is 2.00. The maximum Gasteiger partial charge on any atom is 0.0165 e. The van der Waals surface area contributed by atoms with E-state index in [0.29, 0.717) is 5.92 Å². The van der Waals surface area contributed by atoms with Crippen molar-refractivity contribution in [1.29, 1.82) is 0 Å². The lowest BCUT2D eigenvalue weighted by atomic mass is 10.0. The van der Waals surface area contributed by atoms with E-state index >= 15 is 0 Å². The molecule has 0 spiro atoms. The molecule has 1 aromatic carbocycles. The summed E-state index contributed by atoms with van der Waals surface area (Å²) in [7, 11) is 0. The van der Waals surface area contributed by atoms with E-state index in [9.17, 15) is 0 Å². The number of hydrogen-bond donors (Lipinski definition) is 0. The van der Waals surface area contributed by atoms with Gasteiger partial charge in [-0.25, -0.2) is 0 Å². The Balaban J connectivity index is 3.03. The molecule has 0 nitrogen and oxygen atoms in total. The minimum absolute atomic E-state index is 0.615. The summed E-state index contributed by atoms with van der Waals surface area (Å²) in [6.07, 6.45) is 0. The molecule has 1 aromatic rings. The molecule has 0 aromatic heterocycles. The zero-order chi connectivity index (χ0) is 7.56. The molecule has 0 unspecified atom stereocenters. The monoisotopic (exact) mass is 245 g/mol. The summed E-state index contributed by atoms with van der Waals surface area (Å²) >= 11 is 2.36. The van der Waals surface area contributed by atoms with E-state index in [4.69, 9.17) is 0 Å². The van der Waals surface area contributed by atoms with Crippen molar-refractivity contribution in [3.05, 3.63) is 33.4 Å². The molecule has 0 aliphatic carbocycles. The number of rotatable bonds is 1. The van der Waals surface area contributed by atoms with Gasteiger partial charge in [0.05, 0.1) is 0 Å². The van der Waals surface area contributed by atoms with Gasteiger partial charge in [0.1, 0.15) is 0 Å². The first-order chi connectivity index (χ1) is 4.72. The zero-order valence-electron chi connectivity index (χ0n) is 6.19. The van der Waals surface area contributed by atoms with Crippen LogP contribution < -0.4 is 0 Å². The molecular formula is C9H10I. The predicted molar refractivity (Wildman–Crippen MR) is 52.1 cm³/mol. The maximum atomic E-state index is 3.08. The first-order valence-electron chi connectivity index (χ1n) is 3.37. The Morgan fingerprint density at radius 1 is 1.50 bits per heavy atom. The van der Waals surface area contributed by atoms with Gasteiger partial charge in [-0.3, -0.25) is 0 Å². The molecule has 0 bridgehead atoms. The molecule has 0 N–H and O–H groups in total. The highest BCUT2D eigenvalue weighted by atomic mass is 127. The Bertz CT molecular complexity index is 216. The first-order valence-corrected chi connectivity index (χ1v) is 4.45. The molecule has 0 saturated carbocycles. The average molecular weight is 245 g/mol. The van der Waals surface area contributed by atoms with Crippen LogP contribution >= 0.6 is 22.6 Å². The van der Waals surface area contributed by atoms with Crippen LogP contribution in [0.25, 0.3) is 0 Å². The Kier molecular flexibility index (Phi) is 2.72. The van der Waals surface area contributed by atoms with Gasteiger partial charge in [-0.1, -0.05) is 19.9 Å². The van der Waals surface area contributed by atoms with Gasteiger partial charge in [-0.15, -0.1) is 0 Å². The Morgan fingerprint density at radius 2 is 2.20 bits per heavy atom. The molecule has 53 valence electrons. The molecule has 0 heterocycles. The Hall–Kier alpha value is -0.0500. The van der Waals surface area contributed by atoms with E-state index < -0.39 is 0 Å². The maximum absolute atomic E-state index is 3.08. The number of hydrogen-bond acceptors (Lipinski definition) is 0. The lowest BCUT2D eigenvalue weighted by molar-refractivity contribution is 0.860. The fourth-order valence-corrected chi connectivity index (χ4v) is 1.83. The van der Waals surface area contributed by atoms with E-state index in [1.165, 1.54) is 9.13 Å². The van der Waals surface area contributed by atoms with E-state index in [-0.39, 0.29) is 0 Å². The minimum Gasteiger partial charge on any atom is -0.0586 e. The van der Waals surface area contributed by atoms with Gasteiger partial charge in [0, 0.05) is 3.57 Å². The van der Waals surface area contributed by atoms with Gasteiger partial charge in [0.25, 0.3) is 0 Å². The van der Waals surface area contributed by atoms with Gasteiger partial charge < -0.3 is 0 Å². The third-order valence-electron chi connectivity index (χ3n) is 1.46. The average Bonchev–Trinajstić information content (AvgIpc) is 1.88. The standard InChI is InChI=1S/C9H10I/c1-7(2)8-5-3-4-6-9(8)10/h4-7H,1-2H3. The summed E-state index contributed by atoms with van der Waals surface area (Å²) in [5, 5.41) is 0. The largest absolute Gasteiger partial charge is 0.0586 e. The first kappa shape index (κ1) is 8.05. The molecule has 0 aliphatic heterocycles. The SMILES string of the molecule is CC(C)c1c[c]ccc1I. The van der Waals surface area contributed by atoms with Crippen molar-refractivity contribution in [3.63, 3.8) is 0 Å². The summed E-state index contributed by atoms with van der Waals surface area (Å²) in [6.45, 7) is 4.40. The third-order valence-corrected chi connectivity index (χ3v) is 2.44. The van der Waals surface area contributed by atoms with Crippen molar-refractivity contribution in [2.75, 3.05) is 0 Å². The van der Waals surface area contributed by atoms with E-state index in [1.54, 1.807) is 0 Å². The highest BCUT2D eigenvalue weighted by Crippen LogP contribution is 2.19. The molecule has 0 atom stereocenters. The van der Waals surface area contributed by atoms with E-state index in [2.05, 4.69) is 54.6 Å². The van der Waals surface area contributed by atoms with Crippen molar-refractivity contribution in [3.8, 4) is 0 Å². The topological polar surface area (TPSA) is 0 Å². The molecule has 0 amide bonds. The van der Waals surface area contributed by atoms with Crippen LogP contribution in [0.2, 0.25) is 0 Å². The van der Waals surface area contributed by atoms with E-state index in [1.807, 2.05) is 6.07 Å². The molecule has 0 saturated heterocycles. The van der Waals surface area contributed by atoms with Crippen LogP contribution in [0.15, 0.2) is 18.2 Å². The number of halogens is 1. The molecule has 10 heavy (non-hydrogen) atoms. The van der Waals surface area contributed by atoms with Crippen molar-refractivity contribution < 1.29 is 0 Å². The van der Waals surface area contributed by atoms with Crippen LogP contribution in [0.4, 0.5) is 0 Å². The van der Waals surface area contributed by atoms with Crippen LogP contribution in [-0.2, 0) is 0 Å². The quantitative estimate of drug-likeness (QED) is 0.666. The summed E-state index contributed by atoms with van der Waals surface area (Å²) in [5.74, 6) is 0.615. The van der Waals surface area contributed by atoms with Crippen LogP contribution in [-0.4, -0.2) is 0 Å². The Morgan fingerprint density at radius 3 is 2.60 bits per heavy atom. The van der Waals surface area contributed by atoms with E-state index in [0.717, 1.165) is 0 Å². The zero-order valence-corrected chi connectivity index (χ0v) is 8.34. The molecule has 0 aliphatic rings. The van der Waals surface area contributed by atoms with Crippen LogP contribution in [0.5, 0.6) is 0 Å². The third kappa shape index (κ3) is 1.72. The fourth-order valence-electron chi connectivity index (χ4n) is 0.867. The normalized spacial score (nSPS) is 10.4. The van der Waals surface area contributed by atoms with Gasteiger partial charge >= 0.3 is 0 Å². The van der Waals surface area contributed by atoms with Crippen molar-refractivity contribution in [1.82, 2.24) is 0 Å². The van der Waals surface area contributed by atoms with Gasteiger partial charge in [0.15, 0.2) is 0 Å². The second-order valence-electron chi connectivity index (χ2n) is 2.60. The van der Waals surface area contributed by atoms with Gasteiger partial charge in [0.2, 0.25) is 0 Å².